The summed E-state index contributed by atoms with van der Waals surface area (Å²) in [4.78, 5) is 18.5. The quantitative estimate of drug-likeness (QED) is 0.818. The zero-order chi connectivity index (χ0) is 17.8. The molecular formula is C18H31N5O2. The number of aliphatic hydroxyl groups is 1. The van der Waals surface area contributed by atoms with Gasteiger partial charge in [0.05, 0.1) is 12.6 Å². The fourth-order valence-corrected chi connectivity index (χ4v) is 4.24. The van der Waals surface area contributed by atoms with E-state index in [-0.39, 0.29) is 5.91 Å². The molecule has 0 radical (unpaired) electrons. The van der Waals surface area contributed by atoms with Crippen LogP contribution in [0.1, 0.15) is 20.3 Å². The van der Waals surface area contributed by atoms with Crippen molar-refractivity contribution < 1.29 is 9.90 Å². The first-order valence-electron chi connectivity index (χ1n) is 9.40. The maximum atomic E-state index is 11.6. The molecule has 2 fully saturated rings. The van der Waals surface area contributed by atoms with Crippen molar-refractivity contribution in [1.82, 2.24) is 24.5 Å². The fourth-order valence-electron chi connectivity index (χ4n) is 4.24. The molecule has 3 atom stereocenters. The molecule has 2 aliphatic rings. The minimum absolute atomic E-state index is 0.185. The van der Waals surface area contributed by atoms with Gasteiger partial charge in [0.1, 0.15) is 0 Å². The van der Waals surface area contributed by atoms with Crippen molar-refractivity contribution in [3.63, 3.8) is 0 Å². The van der Waals surface area contributed by atoms with Crippen LogP contribution in [0.3, 0.4) is 0 Å². The Morgan fingerprint density at radius 2 is 2.08 bits per heavy atom. The second-order valence-electron chi connectivity index (χ2n) is 7.54. The molecule has 0 unspecified atom stereocenters. The Morgan fingerprint density at radius 1 is 1.24 bits per heavy atom. The number of hydrogen-bond acceptors (Lipinski definition) is 5. The number of amides is 1. The number of hydrogen-bond donors (Lipinski definition) is 1. The molecule has 0 saturated carbocycles. The van der Waals surface area contributed by atoms with Crippen molar-refractivity contribution in [2.24, 2.45) is 5.92 Å². The first-order valence-corrected chi connectivity index (χ1v) is 9.40. The molecule has 1 aromatic rings. The molecule has 1 N–H and O–H groups in total. The van der Waals surface area contributed by atoms with E-state index in [2.05, 4.69) is 21.8 Å². The Hall–Kier alpha value is -1.44. The normalized spacial score (nSPS) is 27.4. The van der Waals surface area contributed by atoms with Crippen LogP contribution in [-0.4, -0.2) is 93.5 Å². The Kier molecular flexibility index (Phi) is 6.09. The highest BCUT2D eigenvalue weighted by Crippen LogP contribution is 2.23. The standard InChI is InChI=1S/C18H31N5O2/c1-15-11-20(12-17(25)13-23-8-3-5-19-23)14-18(15)22-7-4-6-21(9-10-22)16(2)24/h3,5,8,15,17-18,25H,4,6-7,9-14H2,1-2H3/t15-,17+,18+/m0/s1. The van der Waals surface area contributed by atoms with Crippen molar-refractivity contribution in [1.29, 1.82) is 0 Å². The number of aromatic nitrogens is 2. The molecule has 0 aliphatic carbocycles. The van der Waals surface area contributed by atoms with Crippen LogP contribution in [0, 0.1) is 5.92 Å². The molecule has 25 heavy (non-hydrogen) atoms. The van der Waals surface area contributed by atoms with Crippen LogP contribution in [0.2, 0.25) is 0 Å². The van der Waals surface area contributed by atoms with Crippen LogP contribution >= 0.6 is 0 Å². The van der Waals surface area contributed by atoms with E-state index in [9.17, 15) is 9.90 Å². The summed E-state index contributed by atoms with van der Waals surface area (Å²) in [5.74, 6) is 0.769. The van der Waals surface area contributed by atoms with E-state index in [4.69, 9.17) is 0 Å². The Morgan fingerprint density at radius 3 is 2.80 bits per heavy atom. The number of β-amino-alcohol motifs (C(OH)–C–C–N with tert-alkyl or cyclic N) is 1. The van der Waals surface area contributed by atoms with Crippen LogP contribution in [0.4, 0.5) is 0 Å². The van der Waals surface area contributed by atoms with Gasteiger partial charge in [-0.3, -0.25) is 19.3 Å². The zero-order valence-electron chi connectivity index (χ0n) is 15.4. The molecule has 2 saturated heterocycles. The van der Waals surface area contributed by atoms with Crippen molar-refractivity contribution in [2.45, 2.75) is 39.0 Å². The number of likely N-dealkylation sites (tertiary alicyclic amines) is 1. The van der Waals surface area contributed by atoms with E-state index in [0.717, 1.165) is 45.7 Å². The van der Waals surface area contributed by atoms with Gasteiger partial charge in [0.2, 0.25) is 5.91 Å². The highest BCUT2D eigenvalue weighted by atomic mass is 16.3. The zero-order valence-corrected chi connectivity index (χ0v) is 15.4. The van der Waals surface area contributed by atoms with Gasteiger partial charge in [-0.1, -0.05) is 6.92 Å². The van der Waals surface area contributed by atoms with Crippen molar-refractivity contribution in [3.8, 4) is 0 Å². The number of rotatable bonds is 5. The molecular weight excluding hydrogens is 318 g/mol. The van der Waals surface area contributed by atoms with Gasteiger partial charge < -0.3 is 10.0 Å². The molecule has 1 amide bonds. The van der Waals surface area contributed by atoms with Gasteiger partial charge in [0.15, 0.2) is 0 Å². The van der Waals surface area contributed by atoms with Gasteiger partial charge in [-0.25, -0.2) is 0 Å². The largest absolute Gasteiger partial charge is 0.390 e. The average Bonchev–Trinajstić information content (AvgIpc) is 3.10. The molecule has 3 heterocycles. The van der Waals surface area contributed by atoms with Gasteiger partial charge in [0.25, 0.3) is 0 Å². The summed E-state index contributed by atoms with van der Waals surface area (Å²) in [6, 6.07) is 2.40. The molecule has 7 nitrogen and oxygen atoms in total. The molecule has 7 heteroatoms. The number of carbonyl (C=O) groups excluding carboxylic acids is 1. The highest BCUT2D eigenvalue weighted by Gasteiger charge is 2.35. The SMILES string of the molecule is CC(=O)N1CCCN([C@@H]2CN(C[C@@H](O)Cn3cccn3)C[C@@H]2C)CC1. The second kappa shape index (κ2) is 8.29. The molecule has 2 aliphatic heterocycles. The third-order valence-corrected chi connectivity index (χ3v) is 5.52. The predicted molar refractivity (Wildman–Crippen MR) is 96.1 cm³/mol. The Bertz CT molecular complexity index is 550. The summed E-state index contributed by atoms with van der Waals surface area (Å²) in [6.45, 7) is 10.9. The minimum Gasteiger partial charge on any atom is -0.390 e. The smallest absolute Gasteiger partial charge is 0.219 e. The highest BCUT2D eigenvalue weighted by molar-refractivity contribution is 5.73. The van der Waals surface area contributed by atoms with Crippen molar-refractivity contribution >= 4 is 5.91 Å². The maximum Gasteiger partial charge on any atom is 0.219 e. The summed E-state index contributed by atoms with van der Waals surface area (Å²) >= 11 is 0. The molecule has 0 aromatic carbocycles. The van der Waals surface area contributed by atoms with Crippen molar-refractivity contribution in [2.75, 3.05) is 45.8 Å². The van der Waals surface area contributed by atoms with Gasteiger partial charge in [-0.2, -0.15) is 5.10 Å². The maximum absolute atomic E-state index is 11.6. The van der Waals surface area contributed by atoms with Crippen LogP contribution in [0.5, 0.6) is 0 Å². The lowest BCUT2D eigenvalue weighted by Crippen LogP contribution is -2.43. The predicted octanol–water partition coefficient (Wildman–Crippen LogP) is 0.119. The van der Waals surface area contributed by atoms with E-state index in [0.29, 0.717) is 25.0 Å². The fraction of sp³-hybridized carbons (Fsp3) is 0.778. The van der Waals surface area contributed by atoms with E-state index in [1.807, 2.05) is 17.2 Å². The summed E-state index contributed by atoms with van der Waals surface area (Å²) < 4.78 is 1.78. The minimum atomic E-state index is -0.400. The van der Waals surface area contributed by atoms with E-state index >= 15 is 0 Å². The van der Waals surface area contributed by atoms with Crippen LogP contribution < -0.4 is 0 Å². The Labute approximate surface area is 150 Å². The number of nitrogens with zero attached hydrogens (tertiary/aromatic N) is 5. The van der Waals surface area contributed by atoms with Crippen molar-refractivity contribution in [3.05, 3.63) is 18.5 Å². The van der Waals surface area contributed by atoms with E-state index in [1.54, 1.807) is 17.8 Å². The van der Waals surface area contributed by atoms with Crippen LogP contribution in [-0.2, 0) is 11.3 Å². The third-order valence-electron chi connectivity index (χ3n) is 5.52. The van der Waals surface area contributed by atoms with E-state index in [1.165, 1.54) is 0 Å². The lowest BCUT2D eigenvalue weighted by Gasteiger charge is -2.30. The van der Waals surface area contributed by atoms with E-state index < -0.39 is 6.10 Å². The van der Waals surface area contributed by atoms with Gasteiger partial charge in [-0.05, 0) is 18.4 Å². The molecule has 0 bridgehead atoms. The first-order chi connectivity index (χ1) is 12.0. The molecule has 0 spiro atoms. The summed E-state index contributed by atoms with van der Waals surface area (Å²) in [5, 5.41) is 14.5. The summed E-state index contributed by atoms with van der Waals surface area (Å²) in [6.07, 6.45) is 4.27. The molecule has 3 rings (SSSR count). The lowest BCUT2D eigenvalue weighted by molar-refractivity contribution is -0.128. The van der Waals surface area contributed by atoms with Crippen LogP contribution in [0.25, 0.3) is 0 Å². The second-order valence-corrected chi connectivity index (χ2v) is 7.54. The summed E-state index contributed by atoms with van der Waals surface area (Å²) in [5.41, 5.74) is 0. The summed E-state index contributed by atoms with van der Waals surface area (Å²) in [7, 11) is 0. The molecule has 140 valence electrons. The average molecular weight is 349 g/mol. The van der Waals surface area contributed by atoms with Gasteiger partial charge in [0, 0.05) is 71.2 Å². The first kappa shape index (κ1) is 18.4. The number of aliphatic hydroxyl groups excluding tert-OH is 1. The Balaban J connectivity index is 1.50. The molecule has 1 aromatic heterocycles. The van der Waals surface area contributed by atoms with Gasteiger partial charge in [-0.15, -0.1) is 0 Å². The van der Waals surface area contributed by atoms with Crippen LogP contribution in [0.15, 0.2) is 18.5 Å². The number of carbonyl (C=O) groups is 1. The van der Waals surface area contributed by atoms with Gasteiger partial charge >= 0.3 is 0 Å². The lowest BCUT2D eigenvalue weighted by atomic mass is 10.0. The monoisotopic (exact) mass is 349 g/mol. The third kappa shape index (κ3) is 4.80. The topological polar surface area (TPSA) is 64.8 Å².